The highest BCUT2D eigenvalue weighted by Gasteiger charge is 2.20. The first-order valence-electron chi connectivity index (χ1n) is 6.41. The number of imidazole rings is 1. The van der Waals surface area contributed by atoms with Crippen molar-refractivity contribution in [3.63, 3.8) is 0 Å². The van der Waals surface area contributed by atoms with Crippen LogP contribution < -0.4 is 0 Å². The highest BCUT2D eigenvalue weighted by atomic mass is 32.1. The van der Waals surface area contributed by atoms with Crippen LogP contribution in [0.3, 0.4) is 0 Å². The van der Waals surface area contributed by atoms with Crippen molar-refractivity contribution in [2.75, 3.05) is 13.1 Å². The van der Waals surface area contributed by atoms with Gasteiger partial charge < -0.3 is 14.5 Å². The molecule has 0 saturated carbocycles. The number of likely N-dealkylation sites (tertiary alicyclic amines) is 1. The van der Waals surface area contributed by atoms with E-state index in [1.165, 1.54) is 10.6 Å². The van der Waals surface area contributed by atoms with Crippen LogP contribution in [-0.2, 0) is 11.3 Å². The van der Waals surface area contributed by atoms with Crippen molar-refractivity contribution in [1.29, 1.82) is 0 Å². The number of benzene rings is 1. The summed E-state index contributed by atoms with van der Waals surface area (Å²) in [6.45, 7) is 1.47. The Morgan fingerprint density at radius 2 is 2.00 bits per heavy atom. The first kappa shape index (κ1) is 13.2. The van der Waals surface area contributed by atoms with Crippen LogP contribution in [0.5, 0.6) is 0 Å². The number of aromatic nitrogens is 2. The fourth-order valence-electron chi connectivity index (χ4n) is 2.54. The summed E-state index contributed by atoms with van der Waals surface area (Å²) in [7, 11) is 0. The van der Waals surface area contributed by atoms with Gasteiger partial charge in [0.1, 0.15) is 17.9 Å². The minimum Gasteiger partial charge on any atom is -0.341 e. The second-order valence-corrected chi connectivity index (χ2v) is 5.27. The van der Waals surface area contributed by atoms with E-state index in [2.05, 4.69) is 4.98 Å². The molecule has 106 valence electrons. The number of rotatable bonds is 2. The first-order chi connectivity index (χ1) is 9.56. The molecular weight excluding hydrogens is 284 g/mol. The molecule has 2 heterocycles. The van der Waals surface area contributed by atoms with Crippen LogP contribution in [0.4, 0.5) is 8.78 Å². The van der Waals surface area contributed by atoms with Crippen molar-refractivity contribution in [3.05, 3.63) is 28.5 Å². The predicted octanol–water partition coefficient (Wildman–Crippen LogP) is 2.60. The van der Waals surface area contributed by atoms with Gasteiger partial charge >= 0.3 is 0 Å². The van der Waals surface area contributed by atoms with Crippen LogP contribution in [0.2, 0.25) is 0 Å². The van der Waals surface area contributed by atoms with Gasteiger partial charge in [0.05, 0.1) is 5.52 Å². The highest BCUT2D eigenvalue weighted by molar-refractivity contribution is 7.71. The molecule has 0 bridgehead atoms. The van der Waals surface area contributed by atoms with E-state index < -0.39 is 11.6 Å². The Labute approximate surface area is 119 Å². The molecule has 7 heteroatoms. The van der Waals surface area contributed by atoms with E-state index in [0.29, 0.717) is 0 Å². The fourth-order valence-corrected chi connectivity index (χ4v) is 2.80. The highest BCUT2D eigenvalue weighted by Crippen LogP contribution is 2.20. The number of nitrogens with zero attached hydrogens (tertiary/aromatic N) is 2. The van der Waals surface area contributed by atoms with E-state index in [1.54, 1.807) is 4.90 Å². The maximum Gasteiger partial charge on any atom is 0.242 e. The Balaban J connectivity index is 2.00. The summed E-state index contributed by atoms with van der Waals surface area (Å²) < 4.78 is 28.6. The van der Waals surface area contributed by atoms with Crippen molar-refractivity contribution in [2.45, 2.75) is 19.4 Å². The zero-order chi connectivity index (χ0) is 14.3. The summed E-state index contributed by atoms with van der Waals surface area (Å²) in [5.41, 5.74) is 0.408. The number of nitrogens with one attached hydrogen (secondary N) is 1. The smallest absolute Gasteiger partial charge is 0.242 e. The van der Waals surface area contributed by atoms with E-state index in [4.69, 9.17) is 12.2 Å². The Hall–Kier alpha value is -1.76. The average Bonchev–Trinajstić information content (AvgIpc) is 3.00. The lowest BCUT2D eigenvalue weighted by Crippen LogP contribution is -2.31. The van der Waals surface area contributed by atoms with Gasteiger partial charge in [-0.2, -0.15) is 0 Å². The molecule has 0 radical (unpaired) electrons. The van der Waals surface area contributed by atoms with Crippen molar-refractivity contribution < 1.29 is 13.6 Å². The molecule has 3 rings (SSSR count). The summed E-state index contributed by atoms with van der Waals surface area (Å²) in [6, 6.07) is 1.97. The third-order valence-electron chi connectivity index (χ3n) is 3.55. The lowest BCUT2D eigenvalue weighted by atomic mass is 10.3. The van der Waals surface area contributed by atoms with Crippen LogP contribution in [-0.4, -0.2) is 33.4 Å². The van der Waals surface area contributed by atoms with Gasteiger partial charge in [0.2, 0.25) is 5.91 Å². The number of carbonyl (C=O) groups is 1. The number of hydrogen-bond donors (Lipinski definition) is 1. The number of aromatic amines is 1. The molecule has 2 aromatic rings. The molecule has 1 amide bonds. The normalized spacial score (nSPS) is 15.2. The number of fused-ring (bicyclic) bond motifs is 1. The summed E-state index contributed by atoms with van der Waals surface area (Å²) in [5.74, 6) is -1.48. The first-order valence-corrected chi connectivity index (χ1v) is 6.82. The summed E-state index contributed by atoms with van der Waals surface area (Å²) in [6.07, 6.45) is 1.99. The van der Waals surface area contributed by atoms with Crippen molar-refractivity contribution in [1.82, 2.24) is 14.5 Å². The van der Waals surface area contributed by atoms with Gasteiger partial charge in [-0.05, 0) is 31.1 Å². The van der Waals surface area contributed by atoms with Crippen LogP contribution in [0, 0.1) is 16.4 Å². The summed E-state index contributed by atoms with van der Waals surface area (Å²) in [4.78, 5) is 16.6. The van der Waals surface area contributed by atoms with Gasteiger partial charge in [-0.1, -0.05) is 0 Å². The van der Waals surface area contributed by atoms with E-state index in [0.717, 1.165) is 32.0 Å². The number of carbonyl (C=O) groups excluding carboxylic acids is 1. The maximum atomic E-state index is 13.7. The van der Waals surface area contributed by atoms with Crippen molar-refractivity contribution in [3.8, 4) is 0 Å². The molecule has 1 aromatic carbocycles. The Morgan fingerprint density at radius 1 is 1.30 bits per heavy atom. The van der Waals surface area contributed by atoms with E-state index >= 15 is 0 Å². The molecule has 0 unspecified atom stereocenters. The predicted molar refractivity (Wildman–Crippen MR) is 72.9 cm³/mol. The SMILES string of the molecule is O=C(Cn1c(=S)[nH]c2c(F)cc(F)cc21)N1CCCC1. The van der Waals surface area contributed by atoms with E-state index in [1.807, 2.05) is 0 Å². The molecule has 1 aromatic heterocycles. The van der Waals surface area contributed by atoms with Gasteiger partial charge in [-0.15, -0.1) is 0 Å². The van der Waals surface area contributed by atoms with Gasteiger partial charge in [0, 0.05) is 19.2 Å². The lowest BCUT2D eigenvalue weighted by molar-refractivity contribution is -0.130. The minimum atomic E-state index is -0.710. The second-order valence-electron chi connectivity index (χ2n) is 4.89. The zero-order valence-electron chi connectivity index (χ0n) is 10.7. The molecule has 1 saturated heterocycles. The largest absolute Gasteiger partial charge is 0.341 e. The molecule has 1 N–H and O–H groups in total. The van der Waals surface area contributed by atoms with Crippen LogP contribution in [0.1, 0.15) is 12.8 Å². The third-order valence-corrected chi connectivity index (χ3v) is 3.88. The van der Waals surface area contributed by atoms with Crippen molar-refractivity contribution in [2.24, 2.45) is 0 Å². The number of halogens is 2. The standard InChI is InChI=1S/C13H13F2N3OS/c14-8-5-9(15)12-10(6-8)18(13(20)16-12)7-11(19)17-3-1-2-4-17/h5-6H,1-4,7H2,(H,16,20). The topological polar surface area (TPSA) is 41.0 Å². The maximum absolute atomic E-state index is 13.7. The number of amides is 1. The zero-order valence-corrected chi connectivity index (χ0v) is 11.5. The average molecular weight is 297 g/mol. The fraction of sp³-hybridized carbons (Fsp3) is 0.385. The Bertz CT molecular complexity index is 731. The quantitative estimate of drug-likeness (QED) is 0.866. The van der Waals surface area contributed by atoms with Gasteiger partial charge in [0.15, 0.2) is 10.6 Å². The minimum absolute atomic E-state index is 0.00171. The van der Waals surface area contributed by atoms with Gasteiger partial charge in [-0.3, -0.25) is 4.79 Å². The summed E-state index contributed by atoms with van der Waals surface area (Å²) in [5, 5.41) is 0. The monoisotopic (exact) mass is 297 g/mol. The molecule has 0 spiro atoms. The second kappa shape index (κ2) is 4.97. The van der Waals surface area contributed by atoms with Crippen LogP contribution >= 0.6 is 12.2 Å². The van der Waals surface area contributed by atoms with Crippen LogP contribution in [0.15, 0.2) is 12.1 Å². The Kier molecular flexibility index (Phi) is 3.29. The molecule has 1 aliphatic heterocycles. The molecule has 1 aliphatic rings. The molecule has 0 atom stereocenters. The van der Waals surface area contributed by atoms with Gasteiger partial charge in [0.25, 0.3) is 0 Å². The van der Waals surface area contributed by atoms with E-state index in [9.17, 15) is 13.6 Å². The lowest BCUT2D eigenvalue weighted by Gasteiger charge is -2.15. The van der Waals surface area contributed by atoms with Gasteiger partial charge in [-0.25, -0.2) is 8.78 Å². The third kappa shape index (κ3) is 2.22. The molecule has 0 aliphatic carbocycles. The van der Waals surface area contributed by atoms with E-state index in [-0.39, 0.29) is 28.3 Å². The number of hydrogen-bond acceptors (Lipinski definition) is 2. The summed E-state index contributed by atoms with van der Waals surface area (Å²) >= 11 is 5.10. The molecular formula is C13H13F2N3OS. The molecule has 1 fully saturated rings. The van der Waals surface area contributed by atoms with Crippen LogP contribution in [0.25, 0.3) is 11.0 Å². The number of H-pyrrole nitrogens is 1. The van der Waals surface area contributed by atoms with Crippen molar-refractivity contribution >= 4 is 29.2 Å². The molecule has 4 nitrogen and oxygen atoms in total. The Morgan fingerprint density at radius 3 is 2.70 bits per heavy atom. The molecule has 20 heavy (non-hydrogen) atoms.